The van der Waals surface area contributed by atoms with E-state index in [-0.39, 0.29) is 5.75 Å². The SMILES string of the molecule is Cc1c(-c2ccc(O)cc2)sc(C=O)c1-c1ccc(O)c(F)c1. The van der Waals surface area contributed by atoms with E-state index in [0.29, 0.717) is 16.0 Å². The van der Waals surface area contributed by atoms with Gasteiger partial charge in [0.1, 0.15) is 5.75 Å². The summed E-state index contributed by atoms with van der Waals surface area (Å²) >= 11 is 1.32. The van der Waals surface area contributed by atoms with E-state index in [1.54, 1.807) is 30.3 Å². The van der Waals surface area contributed by atoms with Crippen LogP contribution < -0.4 is 0 Å². The largest absolute Gasteiger partial charge is 0.508 e. The van der Waals surface area contributed by atoms with Crippen LogP contribution in [0.3, 0.4) is 0 Å². The summed E-state index contributed by atoms with van der Waals surface area (Å²) in [5, 5.41) is 18.7. The molecule has 0 bridgehead atoms. The molecule has 0 aliphatic carbocycles. The first kappa shape index (κ1) is 15.2. The number of hydrogen-bond acceptors (Lipinski definition) is 4. The van der Waals surface area contributed by atoms with Crippen molar-refractivity contribution in [2.24, 2.45) is 0 Å². The molecule has 2 aromatic carbocycles. The summed E-state index contributed by atoms with van der Waals surface area (Å²) in [7, 11) is 0. The van der Waals surface area contributed by atoms with Crippen LogP contribution in [-0.2, 0) is 0 Å². The van der Waals surface area contributed by atoms with E-state index in [2.05, 4.69) is 0 Å². The van der Waals surface area contributed by atoms with E-state index in [1.165, 1.54) is 23.5 Å². The fourth-order valence-corrected chi connectivity index (χ4v) is 3.68. The first-order chi connectivity index (χ1) is 11.0. The van der Waals surface area contributed by atoms with Gasteiger partial charge < -0.3 is 10.2 Å². The standard InChI is InChI=1S/C18H13FO3S/c1-10-17(12-4-7-15(22)14(19)8-12)16(9-20)23-18(10)11-2-5-13(21)6-3-11/h2-9,21-22H,1H3. The lowest BCUT2D eigenvalue weighted by atomic mass is 9.99. The zero-order valence-corrected chi connectivity index (χ0v) is 13.0. The quantitative estimate of drug-likeness (QED) is 0.682. The zero-order chi connectivity index (χ0) is 16.6. The van der Waals surface area contributed by atoms with Crippen molar-refractivity contribution in [2.45, 2.75) is 6.92 Å². The molecule has 0 fully saturated rings. The lowest BCUT2D eigenvalue weighted by molar-refractivity contribution is 0.112. The van der Waals surface area contributed by atoms with Crippen molar-refractivity contribution in [2.75, 3.05) is 0 Å². The van der Waals surface area contributed by atoms with Crippen LogP contribution in [-0.4, -0.2) is 16.5 Å². The molecule has 0 aliphatic rings. The van der Waals surface area contributed by atoms with Crippen LogP contribution in [0.5, 0.6) is 11.5 Å². The van der Waals surface area contributed by atoms with Gasteiger partial charge in [-0.3, -0.25) is 4.79 Å². The number of aldehydes is 1. The average Bonchev–Trinajstić information content (AvgIpc) is 2.88. The summed E-state index contributed by atoms with van der Waals surface area (Å²) in [6.45, 7) is 1.87. The molecule has 0 spiro atoms. The summed E-state index contributed by atoms with van der Waals surface area (Å²) in [4.78, 5) is 12.8. The van der Waals surface area contributed by atoms with Crippen molar-refractivity contribution in [3.05, 3.63) is 58.7 Å². The van der Waals surface area contributed by atoms with Gasteiger partial charge in [0.25, 0.3) is 0 Å². The summed E-state index contributed by atoms with van der Waals surface area (Å²) in [6.07, 6.45) is 0.752. The predicted octanol–water partition coefficient (Wildman–Crippen LogP) is 4.75. The molecular weight excluding hydrogens is 315 g/mol. The lowest BCUT2D eigenvalue weighted by Gasteiger charge is -2.05. The van der Waals surface area contributed by atoms with Crippen molar-refractivity contribution in [1.29, 1.82) is 0 Å². The molecule has 3 aromatic rings. The molecule has 1 aromatic heterocycles. The van der Waals surface area contributed by atoms with Gasteiger partial charge in [0.2, 0.25) is 0 Å². The first-order valence-electron chi connectivity index (χ1n) is 6.88. The molecule has 2 N–H and O–H groups in total. The predicted molar refractivity (Wildman–Crippen MR) is 88.6 cm³/mol. The maximum Gasteiger partial charge on any atom is 0.165 e. The molecule has 23 heavy (non-hydrogen) atoms. The van der Waals surface area contributed by atoms with Gasteiger partial charge in [-0.2, -0.15) is 0 Å². The first-order valence-corrected chi connectivity index (χ1v) is 7.69. The molecule has 3 rings (SSSR count). The Morgan fingerprint density at radius 1 is 1.04 bits per heavy atom. The summed E-state index contributed by atoms with van der Waals surface area (Å²) in [5.74, 6) is -0.983. The topological polar surface area (TPSA) is 57.5 Å². The Balaban J connectivity index is 2.19. The highest BCUT2D eigenvalue weighted by Gasteiger charge is 2.18. The summed E-state index contributed by atoms with van der Waals surface area (Å²) in [6, 6.07) is 10.8. The maximum atomic E-state index is 13.6. The molecule has 5 heteroatoms. The van der Waals surface area contributed by atoms with E-state index < -0.39 is 11.6 Å². The molecule has 0 amide bonds. The van der Waals surface area contributed by atoms with E-state index in [9.17, 15) is 19.4 Å². The Labute approximate surface area is 136 Å². The second kappa shape index (κ2) is 5.85. The van der Waals surface area contributed by atoms with Crippen LogP contribution in [0, 0.1) is 12.7 Å². The fourth-order valence-electron chi connectivity index (χ4n) is 2.53. The highest BCUT2D eigenvalue weighted by atomic mass is 32.1. The van der Waals surface area contributed by atoms with Crippen LogP contribution in [0.1, 0.15) is 15.2 Å². The van der Waals surface area contributed by atoms with Gasteiger partial charge >= 0.3 is 0 Å². The minimum absolute atomic E-state index is 0.166. The van der Waals surface area contributed by atoms with Crippen LogP contribution in [0.25, 0.3) is 21.6 Å². The van der Waals surface area contributed by atoms with E-state index in [0.717, 1.165) is 22.3 Å². The number of benzene rings is 2. The maximum absolute atomic E-state index is 13.6. The Kier molecular flexibility index (Phi) is 3.88. The molecule has 1 heterocycles. The number of phenols is 2. The van der Waals surface area contributed by atoms with Gasteiger partial charge in [0, 0.05) is 10.4 Å². The highest BCUT2D eigenvalue weighted by Crippen LogP contribution is 2.42. The van der Waals surface area contributed by atoms with Gasteiger partial charge in [0.05, 0.1) is 4.88 Å². The Hall–Kier alpha value is -2.66. The molecule has 0 saturated carbocycles. The van der Waals surface area contributed by atoms with Crippen molar-refractivity contribution >= 4 is 17.6 Å². The number of aromatic hydroxyl groups is 2. The number of rotatable bonds is 3. The summed E-state index contributed by atoms with van der Waals surface area (Å²) < 4.78 is 13.6. The molecule has 0 atom stereocenters. The van der Waals surface area contributed by atoms with Crippen LogP contribution in [0.4, 0.5) is 4.39 Å². The lowest BCUT2D eigenvalue weighted by Crippen LogP contribution is -1.86. The third-order valence-electron chi connectivity index (χ3n) is 3.65. The highest BCUT2D eigenvalue weighted by molar-refractivity contribution is 7.17. The summed E-state index contributed by atoms with van der Waals surface area (Å²) in [5.41, 5.74) is 2.93. The average molecular weight is 328 g/mol. The fraction of sp³-hybridized carbons (Fsp3) is 0.0556. The van der Waals surface area contributed by atoms with E-state index >= 15 is 0 Å². The van der Waals surface area contributed by atoms with Gasteiger partial charge in [-0.15, -0.1) is 11.3 Å². The normalized spacial score (nSPS) is 10.7. The second-order valence-corrected chi connectivity index (χ2v) is 6.18. The third kappa shape index (κ3) is 2.71. The Morgan fingerprint density at radius 2 is 1.70 bits per heavy atom. The molecule has 0 aliphatic heterocycles. The van der Waals surface area contributed by atoms with Gasteiger partial charge in [-0.1, -0.05) is 6.07 Å². The molecular formula is C18H13FO3S. The second-order valence-electron chi connectivity index (χ2n) is 5.13. The van der Waals surface area contributed by atoms with Gasteiger partial charge in [-0.05, 0) is 60.0 Å². The van der Waals surface area contributed by atoms with Gasteiger partial charge in [-0.25, -0.2) is 4.39 Å². The van der Waals surface area contributed by atoms with Gasteiger partial charge in [0.15, 0.2) is 17.9 Å². The minimum atomic E-state index is -0.726. The Morgan fingerprint density at radius 3 is 2.30 bits per heavy atom. The molecule has 0 saturated heterocycles. The number of carbonyl (C=O) groups is 1. The van der Waals surface area contributed by atoms with Crippen molar-refractivity contribution in [3.8, 4) is 33.1 Å². The molecule has 3 nitrogen and oxygen atoms in total. The number of carbonyl (C=O) groups excluding carboxylic acids is 1. The number of halogens is 1. The Bertz CT molecular complexity index is 882. The number of hydrogen-bond donors (Lipinski definition) is 2. The van der Waals surface area contributed by atoms with Crippen molar-refractivity contribution in [1.82, 2.24) is 0 Å². The molecule has 0 radical (unpaired) electrons. The third-order valence-corrected chi connectivity index (χ3v) is 4.91. The zero-order valence-electron chi connectivity index (χ0n) is 12.2. The smallest absolute Gasteiger partial charge is 0.165 e. The van der Waals surface area contributed by atoms with Crippen molar-refractivity contribution in [3.63, 3.8) is 0 Å². The molecule has 0 unspecified atom stereocenters. The van der Waals surface area contributed by atoms with Crippen molar-refractivity contribution < 1.29 is 19.4 Å². The number of thiophene rings is 1. The minimum Gasteiger partial charge on any atom is -0.508 e. The van der Waals surface area contributed by atoms with E-state index in [4.69, 9.17) is 0 Å². The van der Waals surface area contributed by atoms with Crippen LogP contribution in [0.15, 0.2) is 42.5 Å². The van der Waals surface area contributed by atoms with Crippen LogP contribution in [0.2, 0.25) is 0 Å². The van der Waals surface area contributed by atoms with Crippen LogP contribution >= 0.6 is 11.3 Å². The monoisotopic (exact) mass is 328 g/mol. The number of phenolic OH excluding ortho intramolecular Hbond substituents is 2. The van der Waals surface area contributed by atoms with E-state index in [1.807, 2.05) is 6.92 Å². The molecule has 116 valence electrons.